The van der Waals surface area contributed by atoms with E-state index in [4.69, 9.17) is 0 Å². The van der Waals surface area contributed by atoms with Crippen molar-refractivity contribution in [1.29, 1.82) is 0 Å². The average Bonchev–Trinajstić information content (AvgIpc) is 3.01. The van der Waals surface area contributed by atoms with Crippen LogP contribution >= 0.6 is 0 Å². The van der Waals surface area contributed by atoms with Gasteiger partial charge in [0.2, 0.25) is 11.8 Å². The number of rotatable bonds is 17. The molecular formula is C35H50N4O3. The third kappa shape index (κ3) is 13.7. The van der Waals surface area contributed by atoms with Crippen molar-refractivity contribution in [2.45, 2.75) is 78.2 Å². The topological polar surface area (TPSA) is 82.6 Å². The molecule has 3 amide bonds. The maximum Gasteiger partial charge on any atom is 0.253 e. The minimum atomic E-state index is -0.622. The fraction of sp³-hybridized carbons (Fsp3) is 0.486. The molecule has 1 N–H and O–H groups in total. The van der Waals surface area contributed by atoms with E-state index in [0.717, 1.165) is 44.9 Å². The number of unbranched alkanes of at least 4 members (excludes halogenated alkanes) is 1. The third-order valence-corrected chi connectivity index (χ3v) is 7.01. The predicted octanol–water partition coefficient (Wildman–Crippen LogP) is 6.43. The van der Waals surface area contributed by atoms with Crippen molar-refractivity contribution < 1.29 is 14.4 Å². The van der Waals surface area contributed by atoms with Gasteiger partial charge in [-0.15, -0.1) is 0 Å². The molecule has 2 heterocycles. The van der Waals surface area contributed by atoms with Crippen LogP contribution in [0.5, 0.6) is 0 Å². The monoisotopic (exact) mass is 574 g/mol. The van der Waals surface area contributed by atoms with Crippen molar-refractivity contribution in [3.05, 3.63) is 90.9 Å². The normalized spacial score (nSPS) is 15.2. The van der Waals surface area contributed by atoms with Crippen molar-refractivity contribution >= 4 is 17.7 Å². The molecule has 0 spiro atoms. The molecule has 1 saturated heterocycles. The molecule has 7 nitrogen and oxygen atoms in total. The second-order valence-corrected chi connectivity index (χ2v) is 10.7. The van der Waals surface area contributed by atoms with Gasteiger partial charge in [0.1, 0.15) is 6.04 Å². The maximum atomic E-state index is 13.2. The Morgan fingerprint density at radius 3 is 1.90 bits per heavy atom. The summed E-state index contributed by atoms with van der Waals surface area (Å²) in [7, 11) is 0. The van der Waals surface area contributed by atoms with E-state index in [0.29, 0.717) is 38.2 Å². The first kappa shape index (κ1) is 34.5. The average molecular weight is 575 g/mol. The molecule has 7 heteroatoms. The van der Waals surface area contributed by atoms with Crippen molar-refractivity contribution in [3.63, 3.8) is 0 Å². The zero-order valence-electron chi connectivity index (χ0n) is 25.8. The van der Waals surface area contributed by atoms with Gasteiger partial charge in [-0.2, -0.15) is 0 Å². The van der Waals surface area contributed by atoms with Gasteiger partial charge >= 0.3 is 0 Å². The number of nitrogens with zero attached hydrogens (tertiary/aromatic N) is 3. The van der Waals surface area contributed by atoms with Crippen molar-refractivity contribution in [2.75, 3.05) is 26.2 Å². The van der Waals surface area contributed by atoms with Crippen LogP contribution in [0.25, 0.3) is 0 Å². The molecule has 1 aromatic rings. The van der Waals surface area contributed by atoms with Crippen molar-refractivity contribution in [2.24, 2.45) is 5.92 Å². The van der Waals surface area contributed by atoms with E-state index in [1.807, 2.05) is 18.7 Å². The van der Waals surface area contributed by atoms with Gasteiger partial charge in [-0.25, -0.2) is 0 Å². The van der Waals surface area contributed by atoms with Crippen LogP contribution in [0.2, 0.25) is 0 Å². The molecule has 0 aliphatic carbocycles. The fourth-order valence-corrected chi connectivity index (χ4v) is 4.51. The molecule has 1 aliphatic heterocycles. The lowest BCUT2D eigenvalue weighted by Crippen LogP contribution is -2.57. The number of hydrogen-bond donors (Lipinski definition) is 1. The summed E-state index contributed by atoms with van der Waals surface area (Å²) in [6, 6.07) is 2.75. The van der Waals surface area contributed by atoms with E-state index in [9.17, 15) is 14.4 Å². The molecule has 0 unspecified atom stereocenters. The summed E-state index contributed by atoms with van der Waals surface area (Å²) >= 11 is 0. The van der Waals surface area contributed by atoms with E-state index < -0.39 is 6.04 Å². The highest BCUT2D eigenvalue weighted by atomic mass is 16.2. The number of carbonyl (C=O) groups is 3. The SMILES string of the molecule is CC/C=C\C/C=C\C/C=C\C/C=C\C/C=C\CCCC(=O)N1CCN(C(=O)[C@@H](NC(=O)c2cccnc2)C(C)C)CC1. The number of aromatic nitrogens is 1. The standard InChI is InChI=1S/C35H50N4O3/c1-4-5-6-7-8-9-10-11-12-13-14-15-16-17-18-19-20-23-32(40)38-25-27-39(28-26-38)35(42)33(30(2)3)37-34(41)31-22-21-24-36-29-31/h5-6,8-9,11-12,14-15,17-18,21-22,24,29-30,33H,4,7,10,13,16,19-20,23,25-28H2,1-3H3,(H,37,41)/b6-5-,9-8-,12-11-,15-14-,18-17-/t33-/m0/s1. The van der Waals surface area contributed by atoms with Gasteiger partial charge < -0.3 is 15.1 Å². The summed E-state index contributed by atoms with van der Waals surface area (Å²) in [6.45, 7) is 7.98. The number of pyridine rings is 1. The van der Waals surface area contributed by atoms with E-state index in [2.05, 4.69) is 78.0 Å². The summed E-state index contributed by atoms with van der Waals surface area (Å²) in [4.78, 5) is 46.1. The zero-order valence-corrected chi connectivity index (χ0v) is 25.8. The summed E-state index contributed by atoms with van der Waals surface area (Å²) in [5.74, 6) is -0.335. The minimum Gasteiger partial charge on any atom is -0.340 e. The molecule has 228 valence electrons. The Hall–Kier alpha value is -3.74. The van der Waals surface area contributed by atoms with Crippen LogP contribution in [0.15, 0.2) is 85.3 Å². The molecule has 2 rings (SSSR count). The highest BCUT2D eigenvalue weighted by molar-refractivity contribution is 5.97. The number of nitrogens with one attached hydrogen (secondary N) is 1. The lowest BCUT2D eigenvalue weighted by atomic mass is 10.0. The lowest BCUT2D eigenvalue weighted by Gasteiger charge is -2.37. The van der Waals surface area contributed by atoms with Crippen molar-refractivity contribution in [1.82, 2.24) is 20.1 Å². The molecule has 0 radical (unpaired) electrons. The van der Waals surface area contributed by atoms with E-state index in [1.54, 1.807) is 23.2 Å². The first-order chi connectivity index (χ1) is 20.4. The fourth-order valence-electron chi connectivity index (χ4n) is 4.51. The highest BCUT2D eigenvalue weighted by Gasteiger charge is 2.31. The van der Waals surface area contributed by atoms with Gasteiger partial charge in [-0.05, 0) is 63.0 Å². The second kappa shape index (κ2) is 21.0. The molecule has 0 saturated carbocycles. The molecule has 0 aromatic carbocycles. The van der Waals surface area contributed by atoms with Crippen LogP contribution in [0.4, 0.5) is 0 Å². The Labute approximate surface area is 253 Å². The Morgan fingerprint density at radius 2 is 1.38 bits per heavy atom. The number of amides is 3. The number of piperazine rings is 1. The Kier molecular flexibility index (Phi) is 17.3. The molecule has 0 bridgehead atoms. The largest absolute Gasteiger partial charge is 0.340 e. The van der Waals surface area contributed by atoms with Crippen LogP contribution in [0.3, 0.4) is 0 Å². The summed E-state index contributed by atoms with van der Waals surface area (Å²) in [5, 5.41) is 2.87. The number of carbonyl (C=O) groups excluding carboxylic acids is 3. The summed E-state index contributed by atoms with van der Waals surface area (Å²) in [6.07, 6.45) is 32.1. The maximum absolute atomic E-state index is 13.2. The number of allylic oxidation sites excluding steroid dienone is 10. The van der Waals surface area contributed by atoms with Crippen LogP contribution < -0.4 is 5.32 Å². The number of hydrogen-bond acceptors (Lipinski definition) is 4. The molecule has 1 fully saturated rings. The van der Waals surface area contributed by atoms with Crippen molar-refractivity contribution in [3.8, 4) is 0 Å². The molecule has 42 heavy (non-hydrogen) atoms. The quantitative estimate of drug-likeness (QED) is 0.172. The lowest BCUT2D eigenvalue weighted by molar-refractivity contribution is -0.141. The highest BCUT2D eigenvalue weighted by Crippen LogP contribution is 2.12. The van der Waals surface area contributed by atoms with Gasteiger partial charge in [0.15, 0.2) is 0 Å². The zero-order chi connectivity index (χ0) is 30.4. The molecule has 1 aromatic heterocycles. The van der Waals surface area contributed by atoms with E-state index in [-0.39, 0.29) is 23.6 Å². The van der Waals surface area contributed by atoms with Gasteiger partial charge in [-0.1, -0.05) is 81.5 Å². The van der Waals surface area contributed by atoms with Crippen LogP contribution in [0, 0.1) is 5.92 Å². The van der Waals surface area contributed by atoms with Gasteiger partial charge in [0.05, 0.1) is 5.56 Å². The molecule has 1 aliphatic rings. The summed E-state index contributed by atoms with van der Waals surface area (Å²) < 4.78 is 0. The first-order valence-corrected chi connectivity index (χ1v) is 15.5. The van der Waals surface area contributed by atoms with Gasteiger partial charge in [0, 0.05) is 45.0 Å². The molecule has 1 atom stereocenters. The van der Waals surface area contributed by atoms with E-state index >= 15 is 0 Å². The van der Waals surface area contributed by atoms with Gasteiger partial charge in [0.25, 0.3) is 5.91 Å². The third-order valence-electron chi connectivity index (χ3n) is 7.01. The Bertz CT molecular complexity index is 1080. The summed E-state index contributed by atoms with van der Waals surface area (Å²) in [5.41, 5.74) is 0.427. The van der Waals surface area contributed by atoms with Crippen LogP contribution in [-0.2, 0) is 9.59 Å². The van der Waals surface area contributed by atoms with Gasteiger partial charge in [-0.3, -0.25) is 19.4 Å². The predicted molar refractivity (Wildman–Crippen MR) is 172 cm³/mol. The van der Waals surface area contributed by atoms with Crippen LogP contribution in [-0.4, -0.2) is 64.7 Å². The first-order valence-electron chi connectivity index (χ1n) is 15.5. The molecular weight excluding hydrogens is 524 g/mol. The van der Waals surface area contributed by atoms with E-state index in [1.165, 1.54) is 6.20 Å². The van der Waals surface area contributed by atoms with Crippen LogP contribution in [0.1, 0.15) is 82.5 Å². The smallest absolute Gasteiger partial charge is 0.253 e. The Balaban J connectivity index is 1.59. The Morgan fingerprint density at radius 1 is 0.833 bits per heavy atom. The second-order valence-electron chi connectivity index (χ2n) is 10.7. The minimum absolute atomic E-state index is 0.0614.